The molecule has 20 heavy (non-hydrogen) atoms. The first-order valence-corrected chi connectivity index (χ1v) is 8.07. The van der Waals surface area contributed by atoms with E-state index in [-0.39, 0.29) is 11.3 Å². The van der Waals surface area contributed by atoms with Crippen molar-refractivity contribution in [2.24, 2.45) is 17.3 Å². The van der Waals surface area contributed by atoms with E-state index in [1.54, 1.807) is 11.3 Å². The molecule has 1 heterocycles. The lowest BCUT2D eigenvalue weighted by molar-refractivity contribution is -0.150. The number of rotatable bonds is 4. The molecule has 0 bridgehead atoms. The fourth-order valence-corrected chi connectivity index (χ4v) is 3.86. The van der Waals surface area contributed by atoms with Gasteiger partial charge in [0.25, 0.3) is 0 Å². The summed E-state index contributed by atoms with van der Waals surface area (Å²) in [7, 11) is 0. The highest BCUT2D eigenvalue weighted by Gasteiger charge is 2.45. The monoisotopic (exact) mass is 296 g/mol. The number of aryl methyl sites for hydroxylation is 1. The van der Waals surface area contributed by atoms with Gasteiger partial charge in [0.1, 0.15) is 0 Å². The lowest BCUT2D eigenvalue weighted by atomic mass is 9.61. The summed E-state index contributed by atoms with van der Waals surface area (Å²) in [6.07, 6.45) is 1.67. The zero-order valence-electron chi connectivity index (χ0n) is 12.6. The molecule has 0 radical (unpaired) electrons. The van der Waals surface area contributed by atoms with Gasteiger partial charge in [0, 0.05) is 18.0 Å². The van der Waals surface area contributed by atoms with Gasteiger partial charge in [0.2, 0.25) is 0 Å². The first-order chi connectivity index (χ1) is 9.32. The minimum Gasteiger partial charge on any atom is -0.481 e. The molecule has 3 atom stereocenters. The third-order valence-electron chi connectivity index (χ3n) is 4.95. The minimum absolute atomic E-state index is 0.181. The van der Waals surface area contributed by atoms with Crippen molar-refractivity contribution in [1.82, 2.24) is 10.3 Å². The largest absolute Gasteiger partial charge is 0.481 e. The van der Waals surface area contributed by atoms with Crippen LogP contribution in [0.2, 0.25) is 0 Å². The molecule has 0 saturated heterocycles. The summed E-state index contributed by atoms with van der Waals surface area (Å²) in [5, 5.41) is 16.1. The van der Waals surface area contributed by atoms with Gasteiger partial charge in [-0.15, -0.1) is 11.3 Å². The van der Waals surface area contributed by atoms with E-state index in [0.29, 0.717) is 12.0 Å². The Kier molecular flexibility index (Phi) is 4.49. The molecule has 4 nitrogen and oxygen atoms in total. The van der Waals surface area contributed by atoms with Crippen molar-refractivity contribution < 1.29 is 9.90 Å². The molecule has 0 aromatic carbocycles. The third kappa shape index (κ3) is 3.04. The van der Waals surface area contributed by atoms with Gasteiger partial charge in [-0.3, -0.25) is 4.79 Å². The Balaban J connectivity index is 1.99. The number of aromatic nitrogens is 1. The highest BCUT2D eigenvalue weighted by atomic mass is 32.1. The Labute approximate surface area is 124 Å². The number of nitrogens with zero attached hydrogens (tertiary/aromatic N) is 1. The predicted molar refractivity (Wildman–Crippen MR) is 80.8 cm³/mol. The zero-order chi connectivity index (χ0) is 14.9. The van der Waals surface area contributed by atoms with E-state index in [9.17, 15) is 9.90 Å². The lowest BCUT2D eigenvalue weighted by Gasteiger charge is -2.46. The molecule has 5 heteroatoms. The summed E-state index contributed by atoms with van der Waals surface area (Å²) in [4.78, 5) is 15.8. The molecule has 2 N–H and O–H groups in total. The maximum absolute atomic E-state index is 11.4. The second kappa shape index (κ2) is 5.82. The van der Waals surface area contributed by atoms with E-state index >= 15 is 0 Å². The van der Waals surface area contributed by atoms with Crippen molar-refractivity contribution in [2.45, 2.75) is 53.1 Å². The van der Waals surface area contributed by atoms with Gasteiger partial charge in [-0.2, -0.15) is 0 Å². The Morgan fingerprint density at radius 3 is 2.80 bits per heavy atom. The normalized spacial score (nSPS) is 29.3. The van der Waals surface area contributed by atoms with Gasteiger partial charge in [0.15, 0.2) is 0 Å². The second-order valence-corrected chi connectivity index (χ2v) is 7.49. The van der Waals surface area contributed by atoms with Crippen molar-refractivity contribution in [3.05, 3.63) is 16.1 Å². The van der Waals surface area contributed by atoms with E-state index in [4.69, 9.17) is 0 Å². The van der Waals surface area contributed by atoms with Gasteiger partial charge in [0.05, 0.1) is 16.6 Å². The Hall–Kier alpha value is -0.940. The molecule has 0 aliphatic heterocycles. The number of aliphatic carboxylic acids is 1. The number of carbonyl (C=O) groups is 1. The molecule has 0 amide bonds. The Bertz CT molecular complexity index is 484. The first-order valence-electron chi connectivity index (χ1n) is 7.19. The number of carboxylic acid groups (broad SMARTS) is 1. The fraction of sp³-hybridized carbons (Fsp3) is 0.733. The van der Waals surface area contributed by atoms with Crippen LogP contribution in [0.3, 0.4) is 0 Å². The highest BCUT2D eigenvalue weighted by Crippen LogP contribution is 2.45. The average Bonchev–Trinajstić information content (AvgIpc) is 2.76. The van der Waals surface area contributed by atoms with E-state index in [1.165, 1.54) is 0 Å². The van der Waals surface area contributed by atoms with Crippen molar-refractivity contribution >= 4 is 17.3 Å². The summed E-state index contributed by atoms with van der Waals surface area (Å²) >= 11 is 1.67. The Morgan fingerprint density at radius 2 is 2.25 bits per heavy atom. The lowest BCUT2D eigenvalue weighted by Crippen LogP contribution is -2.50. The van der Waals surface area contributed by atoms with Crippen LogP contribution in [0.25, 0.3) is 0 Å². The summed E-state index contributed by atoms with van der Waals surface area (Å²) in [6, 6.07) is 0.364. The van der Waals surface area contributed by atoms with E-state index < -0.39 is 5.97 Å². The third-order valence-corrected chi connectivity index (χ3v) is 5.77. The fourth-order valence-electron chi connectivity index (χ4n) is 3.25. The standard InChI is InChI=1S/C15H24N2O2S/c1-9-13(16-7-11-8-20-10(2)17-11)6-5-12(14(18)19)15(9,3)4/h8-9,12-13,16H,5-7H2,1-4H3,(H,18,19). The van der Waals surface area contributed by atoms with Crippen LogP contribution in [0.5, 0.6) is 0 Å². The molecular formula is C15H24N2O2S. The zero-order valence-corrected chi connectivity index (χ0v) is 13.5. The SMILES string of the molecule is Cc1nc(CNC2CCC(C(=O)O)C(C)(C)C2C)cs1. The van der Waals surface area contributed by atoms with E-state index in [2.05, 4.69) is 36.5 Å². The molecule has 1 aliphatic rings. The number of carboxylic acids is 1. The minimum atomic E-state index is -0.657. The maximum Gasteiger partial charge on any atom is 0.307 e. The van der Waals surface area contributed by atoms with Gasteiger partial charge in [-0.25, -0.2) is 4.98 Å². The van der Waals surface area contributed by atoms with Crippen LogP contribution in [-0.2, 0) is 11.3 Å². The van der Waals surface area contributed by atoms with Crippen LogP contribution in [0, 0.1) is 24.2 Å². The molecule has 1 aliphatic carbocycles. The quantitative estimate of drug-likeness (QED) is 0.896. The van der Waals surface area contributed by atoms with Crippen LogP contribution < -0.4 is 5.32 Å². The average molecular weight is 296 g/mol. The van der Waals surface area contributed by atoms with Gasteiger partial charge >= 0.3 is 5.97 Å². The van der Waals surface area contributed by atoms with Crippen LogP contribution in [0.15, 0.2) is 5.38 Å². The first kappa shape index (κ1) is 15.4. The molecule has 1 aromatic rings. The molecular weight excluding hydrogens is 272 g/mol. The molecule has 2 rings (SSSR count). The van der Waals surface area contributed by atoms with E-state index in [1.807, 2.05) is 6.92 Å². The van der Waals surface area contributed by atoms with Crippen LogP contribution >= 0.6 is 11.3 Å². The predicted octanol–water partition coefficient (Wildman–Crippen LogP) is 3.07. The summed E-state index contributed by atoms with van der Waals surface area (Å²) < 4.78 is 0. The Morgan fingerprint density at radius 1 is 1.55 bits per heavy atom. The number of thiazole rings is 1. The second-order valence-electron chi connectivity index (χ2n) is 6.42. The van der Waals surface area contributed by atoms with Crippen molar-refractivity contribution in [1.29, 1.82) is 0 Å². The number of hydrogen-bond acceptors (Lipinski definition) is 4. The van der Waals surface area contributed by atoms with Crippen LogP contribution in [0.1, 0.15) is 44.3 Å². The smallest absolute Gasteiger partial charge is 0.307 e. The van der Waals surface area contributed by atoms with Gasteiger partial charge in [-0.05, 0) is 31.1 Å². The summed E-state index contributed by atoms with van der Waals surface area (Å²) in [6.45, 7) is 9.11. The maximum atomic E-state index is 11.4. The van der Waals surface area contributed by atoms with Gasteiger partial charge in [-0.1, -0.05) is 20.8 Å². The molecule has 1 saturated carbocycles. The summed E-state index contributed by atoms with van der Waals surface area (Å²) in [5.74, 6) is -0.565. The molecule has 112 valence electrons. The number of hydrogen-bond donors (Lipinski definition) is 2. The van der Waals surface area contributed by atoms with Gasteiger partial charge < -0.3 is 10.4 Å². The molecule has 1 fully saturated rings. The summed E-state index contributed by atoms with van der Waals surface area (Å²) in [5.41, 5.74) is 0.901. The van der Waals surface area contributed by atoms with Crippen molar-refractivity contribution in [3.63, 3.8) is 0 Å². The topological polar surface area (TPSA) is 62.2 Å². The van der Waals surface area contributed by atoms with E-state index in [0.717, 1.165) is 30.1 Å². The highest BCUT2D eigenvalue weighted by molar-refractivity contribution is 7.09. The van der Waals surface area contributed by atoms with Crippen LogP contribution in [0.4, 0.5) is 0 Å². The number of nitrogens with one attached hydrogen (secondary N) is 1. The van der Waals surface area contributed by atoms with Crippen LogP contribution in [-0.4, -0.2) is 22.1 Å². The molecule has 1 aromatic heterocycles. The van der Waals surface area contributed by atoms with Crippen molar-refractivity contribution in [3.8, 4) is 0 Å². The molecule has 3 unspecified atom stereocenters. The van der Waals surface area contributed by atoms with Crippen molar-refractivity contribution in [2.75, 3.05) is 0 Å². The molecule has 0 spiro atoms.